The average molecular weight is 481 g/mol. The number of nitrogens with zero attached hydrogens (tertiary/aromatic N) is 2. The van der Waals surface area contributed by atoms with Gasteiger partial charge in [-0.1, -0.05) is 11.8 Å². The lowest BCUT2D eigenvalue weighted by Crippen LogP contribution is -2.38. The van der Waals surface area contributed by atoms with E-state index in [1.54, 1.807) is 0 Å². The number of rotatable bonds is 2. The number of thioether (sulfide) groups is 1. The normalized spacial score (nSPS) is 25.5. The van der Waals surface area contributed by atoms with E-state index in [0.29, 0.717) is 12.1 Å². The smallest absolute Gasteiger partial charge is 0.316 e. The van der Waals surface area contributed by atoms with Gasteiger partial charge in [0.25, 0.3) is 5.91 Å². The molecule has 29 heavy (non-hydrogen) atoms. The van der Waals surface area contributed by atoms with Crippen molar-refractivity contribution in [3.8, 4) is 0 Å². The first-order valence-corrected chi connectivity index (χ1v) is 11.1. The van der Waals surface area contributed by atoms with Crippen molar-refractivity contribution in [1.82, 2.24) is 0 Å². The number of amides is 1. The second-order valence-electron chi connectivity index (χ2n) is 6.36. The van der Waals surface area contributed by atoms with Crippen LogP contribution in [0.15, 0.2) is 23.2 Å². The molecule has 0 aliphatic carbocycles. The van der Waals surface area contributed by atoms with Crippen LogP contribution in [0.4, 0.5) is 32.0 Å². The Morgan fingerprint density at radius 1 is 1.10 bits per heavy atom. The van der Waals surface area contributed by atoms with Crippen LogP contribution >= 0.6 is 23.4 Å². The van der Waals surface area contributed by atoms with Gasteiger partial charge in [0.05, 0.1) is 28.7 Å². The van der Waals surface area contributed by atoms with Crippen LogP contribution in [0.2, 0.25) is 0 Å². The molecule has 2 unspecified atom stereocenters. The molecule has 2 atom stereocenters. The lowest BCUT2D eigenvalue weighted by Gasteiger charge is -2.26. The molecule has 0 spiro atoms. The molecule has 5 nitrogen and oxygen atoms in total. The highest BCUT2D eigenvalue weighted by atomic mass is 35.5. The second-order valence-corrected chi connectivity index (χ2v) is 9.98. The molecule has 1 aromatic rings. The molecule has 2 aliphatic rings. The first-order valence-electron chi connectivity index (χ1n) is 7.84. The Labute approximate surface area is 170 Å². The van der Waals surface area contributed by atoms with Crippen molar-refractivity contribution < 1.29 is 39.6 Å². The molecule has 0 aromatic heterocycles. The monoisotopic (exact) mass is 480 g/mol. The SMILES string of the molecule is O=C(CCl)N=C1SC2CS(=O)(=O)CC2N1c1cc(C(F)(F)F)cc(C(F)(F)F)c1. The highest BCUT2D eigenvalue weighted by molar-refractivity contribution is 8.16. The summed E-state index contributed by atoms with van der Waals surface area (Å²) in [5.41, 5.74) is -3.66. The molecule has 2 heterocycles. The number of sulfone groups is 1. The zero-order valence-corrected chi connectivity index (χ0v) is 16.5. The van der Waals surface area contributed by atoms with Crippen LogP contribution in [0, 0.1) is 0 Å². The van der Waals surface area contributed by atoms with Crippen LogP contribution in [0.3, 0.4) is 0 Å². The van der Waals surface area contributed by atoms with E-state index in [9.17, 15) is 39.6 Å². The van der Waals surface area contributed by atoms with Crippen molar-refractivity contribution in [2.75, 3.05) is 22.3 Å². The van der Waals surface area contributed by atoms with E-state index in [1.165, 1.54) is 0 Å². The third kappa shape index (κ3) is 4.66. The molecule has 2 aliphatic heterocycles. The van der Waals surface area contributed by atoms with E-state index in [1.807, 2.05) is 0 Å². The summed E-state index contributed by atoms with van der Waals surface area (Å²) in [4.78, 5) is 16.2. The minimum Gasteiger partial charge on any atom is -0.316 e. The maximum absolute atomic E-state index is 13.2. The summed E-state index contributed by atoms with van der Waals surface area (Å²) in [7, 11) is -3.55. The summed E-state index contributed by atoms with van der Waals surface area (Å²) in [6.07, 6.45) is -10.2. The molecule has 0 saturated carbocycles. The van der Waals surface area contributed by atoms with Crippen LogP contribution in [-0.2, 0) is 27.0 Å². The first kappa shape index (κ1) is 22.2. The van der Waals surface area contributed by atoms with Crippen molar-refractivity contribution in [2.24, 2.45) is 4.99 Å². The lowest BCUT2D eigenvalue weighted by molar-refractivity contribution is -0.143. The van der Waals surface area contributed by atoms with Gasteiger partial charge >= 0.3 is 12.4 Å². The Bertz CT molecular complexity index is 945. The number of amidine groups is 1. The number of hydrogen-bond acceptors (Lipinski definition) is 4. The standard InChI is InChI=1S/C15H11ClF6N2O3S2/c16-4-12(25)23-13-24(10-5-29(26,27)6-11(10)28-13)9-2-7(14(17,18)19)1-8(3-9)15(20,21)22/h1-3,10-11H,4-6H2. The van der Waals surface area contributed by atoms with Gasteiger partial charge in [0.1, 0.15) is 5.88 Å². The van der Waals surface area contributed by atoms with Gasteiger partial charge in [-0.2, -0.15) is 31.3 Å². The summed E-state index contributed by atoms with van der Waals surface area (Å²) in [5, 5.41) is -0.876. The molecular weight excluding hydrogens is 470 g/mol. The molecule has 14 heteroatoms. The van der Waals surface area contributed by atoms with Crippen molar-refractivity contribution in [3.05, 3.63) is 29.3 Å². The molecule has 160 valence electrons. The van der Waals surface area contributed by atoms with E-state index in [2.05, 4.69) is 4.99 Å². The molecule has 0 bridgehead atoms. The Balaban J connectivity index is 2.18. The zero-order chi connectivity index (χ0) is 21.8. The van der Waals surface area contributed by atoms with Gasteiger partial charge < -0.3 is 4.90 Å². The Morgan fingerprint density at radius 3 is 2.14 bits per heavy atom. The van der Waals surface area contributed by atoms with Gasteiger partial charge in [0, 0.05) is 10.9 Å². The van der Waals surface area contributed by atoms with Crippen LogP contribution in [0.25, 0.3) is 0 Å². The van der Waals surface area contributed by atoms with Gasteiger partial charge in [-0.15, -0.1) is 11.6 Å². The quantitative estimate of drug-likeness (QED) is 0.478. The minimum absolute atomic E-state index is 0.0314. The highest BCUT2D eigenvalue weighted by Crippen LogP contribution is 2.44. The molecule has 2 saturated heterocycles. The number of halogens is 7. The van der Waals surface area contributed by atoms with E-state index in [4.69, 9.17) is 11.6 Å². The number of carbonyl (C=O) groups excluding carboxylic acids is 1. The van der Waals surface area contributed by atoms with Gasteiger partial charge in [-0.05, 0) is 18.2 Å². The summed E-state index contributed by atoms with van der Waals surface area (Å²) in [5.74, 6) is -2.24. The van der Waals surface area contributed by atoms with Crippen LogP contribution in [0.1, 0.15) is 11.1 Å². The zero-order valence-electron chi connectivity index (χ0n) is 14.1. The Morgan fingerprint density at radius 2 is 1.66 bits per heavy atom. The van der Waals surface area contributed by atoms with Crippen LogP contribution < -0.4 is 4.90 Å². The summed E-state index contributed by atoms with van der Waals surface area (Å²) >= 11 is 6.19. The van der Waals surface area contributed by atoms with Crippen molar-refractivity contribution >= 4 is 50.0 Å². The number of anilines is 1. The number of alkyl halides is 7. The maximum atomic E-state index is 13.2. The van der Waals surface area contributed by atoms with E-state index in [0.717, 1.165) is 16.7 Å². The molecule has 3 rings (SSSR count). The Kier molecular flexibility index (Phi) is 5.63. The topological polar surface area (TPSA) is 66.8 Å². The second kappa shape index (κ2) is 7.34. The summed E-state index contributed by atoms with van der Waals surface area (Å²) in [6, 6.07) is -0.0410. The molecular formula is C15H11ClF6N2O3S2. The van der Waals surface area contributed by atoms with E-state index >= 15 is 0 Å². The molecule has 1 amide bonds. The van der Waals surface area contributed by atoms with Gasteiger partial charge in [0.15, 0.2) is 15.0 Å². The van der Waals surface area contributed by atoms with E-state index in [-0.39, 0.29) is 17.0 Å². The number of carbonyl (C=O) groups is 1. The third-order valence-electron chi connectivity index (χ3n) is 4.25. The Hall–Kier alpha value is -1.47. The fourth-order valence-electron chi connectivity index (χ4n) is 3.08. The largest absolute Gasteiger partial charge is 0.416 e. The average Bonchev–Trinajstić information content (AvgIpc) is 3.03. The van der Waals surface area contributed by atoms with Crippen LogP contribution in [-0.4, -0.2) is 48.2 Å². The number of hydrogen-bond donors (Lipinski definition) is 0. The van der Waals surface area contributed by atoms with Gasteiger partial charge in [-0.3, -0.25) is 4.79 Å². The first-order chi connectivity index (χ1) is 13.2. The van der Waals surface area contributed by atoms with Gasteiger partial charge in [-0.25, -0.2) is 8.42 Å². The van der Waals surface area contributed by atoms with E-state index < -0.39 is 67.8 Å². The predicted octanol–water partition coefficient (Wildman–Crippen LogP) is 3.56. The molecule has 0 N–H and O–H groups in total. The number of benzene rings is 1. The fourth-order valence-corrected chi connectivity index (χ4v) is 7.07. The summed E-state index contributed by atoms with van der Waals surface area (Å²) < 4.78 is 103. The predicted molar refractivity (Wildman–Crippen MR) is 95.9 cm³/mol. The fraction of sp³-hybridized carbons (Fsp3) is 0.467. The lowest BCUT2D eigenvalue weighted by atomic mass is 10.1. The number of aliphatic imine (C=N–C) groups is 1. The number of fused-ring (bicyclic) bond motifs is 1. The molecule has 0 radical (unpaired) electrons. The third-order valence-corrected chi connectivity index (χ3v) is 7.69. The molecule has 1 aromatic carbocycles. The van der Waals surface area contributed by atoms with Crippen molar-refractivity contribution in [1.29, 1.82) is 0 Å². The van der Waals surface area contributed by atoms with Crippen molar-refractivity contribution in [3.63, 3.8) is 0 Å². The highest BCUT2D eigenvalue weighted by Gasteiger charge is 2.50. The summed E-state index contributed by atoms with van der Waals surface area (Å²) in [6.45, 7) is 0. The molecule has 2 fully saturated rings. The van der Waals surface area contributed by atoms with Crippen LogP contribution in [0.5, 0.6) is 0 Å². The maximum Gasteiger partial charge on any atom is 0.416 e. The minimum atomic E-state index is -5.08. The van der Waals surface area contributed by atoms with Crippen molar-refractivity contribution in [2.45, 2.75) is 23.6 Å². The van der Waals surface area contributed by atoms with Gasteiger partial charge in [0.2, 0.25) is 0 Å².